The lowest BCUT2D eigenvalue weighted by Crippen LogP contribution is -2.46. The first-order valence-electron chi connectivity index (χ1n) is 9.36. The van der Waals surface area contributed by atoms with Gasteiger partial charge >= 0.3 is 0 Å². The summed E-state index contributed by atoms with van der Waals surface area (Å²) in [4.78, 5) is 16.6. The van der Waals surface area contributed by atoms with Crippen LogP contribution in [-0.4, -0.2) is 60.7 Å². The minimum Gasteiger partial charge on any atom is -0.363 e. The van der Waals surface area contributed by atoms with Crippen LogP contribution in [0.2, 0.25) is 0 Å². The van der Waals surface area contributed by atoms with Gasteiger partial charge in [0.05, 0.1) is 11.4 Å². The van der Waals surface area contributed by atoms with E-state index in [1.165, 1.54) is 0 Å². The molecule has 4 rings (SSSR count). The van der Waals surface area contributed by atoms with Crippen molar-refractivity contribution in [3.63, 3.8) is 0 Å². The largest absolute Gasteiger partial charge is 0.363 e. The van der Waals surface area contributed by atoms with Crippen LogP contribution in [0, 0.1) is 5.92 Å². The molecule has 8 heteroatoms. The fourth-order valence-electron chi connectivity index (χ4n) is 3.85. The fourth-order valence-corrected chi connectivity index (χ4v) is 5.72. The predicted octanol–water partition coefficient (Wildman–Crippen LogP) is 0.712. The summed E-state index contributed by atoms with van der Waals surface area (Å²) >= 11 is 0. The molecule has 0 unspecified atom stereocenters. The zero-order chi connectivity index (χ0) is 18.1. The van der Waals surface area contributed by atoms with E-state index in [1.807, 2.05) is 18.2 Å². The van der Waals surface area contributed by atoms with Gasteiger partial charge in [-0.2, -0.15) is 4.31 Å². The van der Waals surface area contributed by atoms with Gasteiger partial charge < -0.3 is 10.1 Å². The van der Waals surface area contributed by atoms with Crippen molar-refractivity contribution in [2.75, 3.05) is 19.6 Å². The number of carbonyl (C=O) groups excluding carboxylic acids is 1. The van der Waals surface area contributed by atoms with E-state index in [2.05, 4.69) is 10.3 Å². The van der Waals surface area contributed by atoms with Gasteiger partial charge in [0, 0.05) is 37.9 Å². The number of ether oxygens (including phenoxy) is 1. The molecule has 1 saturated carbocycles. The molecule has 3 heterocycles. The summed E-state index contributed by atoms with van der Waals surface area (Å²) in [5, 5.41) is 2.73. The molecule has 3 aliphatic rings. The first kappa shape index (κ1) is 17.9. The number of carbonyl (C=O) groups is 1. The van der Waals surface area contributed by atoms with Crippen LogP contribution in [0.5, 0.6) is 0 Å². The molecule has 7 nitrogen and oxygen atoms in total. The van der Waals surface area contributed by atoms with Crippen molar-refractivity contribution in [3.8, 4) is 0 Å². The van der Waals surface area contributed by atoms with Crippen LogP contribution >= 0.6 is 0 Å². The Bertz CT molecular complexity index is 751. The van der Waals surface area contributed by atoms with Crippen LogP contribution in [0.25, 0.3) is 0 Å². The second-order valence-corrected chi connectivity index (χ2v) is 9.63. The van der Waals surface area contributed by atoms with Crippen molar-refractivity contribution in [3.05, 3.63) is 30.1 Å². The lowest BCUT2D eigenvalue weighted by molar-refractivity contribution is -0.132. The number of hydrogen-bond acceptors (Lipinski definition) is 5. The van der Waals surface area contributed by atoms with E-state index in [0.717, 1.165) is 25.0 Å². The lowest BCUT2D eigenvalue weighted by Gasteiger charge is -2.33. The molecule has 0 spiro atoms. The Balaban J connectivity index is 1.27. The molecule has 1 aromatic rings. The molecule has 0 radical (unpaired) electrons. The Morgan fingerprint density at radius 3 is 2.88 bits per heavy atom. The highest BCUT2D eigenvalue weighted by Crippen LogP contribution is 2.37. The van der Waals surface area contributed by atoms with Gasteiger partial charge in [-0.25, -0.2) is 8.42 Å². The molecule has 3 fully saturated rings. The number of sulfonamides is 1. The van der Waals surface area contributed by atoms with Gasteiger partial charge in [0.15, 0.2) is 0 Å². The minimum absolute atomic E-state index is 0.105. The van der Waals surface area contributed by atoms with Crippen molar-refractivity contribution >= 4 is 15.9 Å². The molecule has 0 aromatic carbocycles. The minimum atomic E-state index is -3.16. The van der Waals surface area contributed by atoms with E-state index in [1.54, 1.807) is 10.5 Å². The van der Waals surface area contributed by atoms with Crippen molar-refractivity contribution in [2.45, 2.75) is 49.6 Å². The SMILES string of the molecule is O=C(NCCc1ccccn1)[C@@H]1C[C@@H]2CCN(S(=O)(=O)C3CC3)C[C@H]2O1. The van der Waals surface area contributed by atoms with Gasteiger partial charge in [-0.15, -0.1) is 0 Å². The fraction of sp³-hybridized carbons (Fsp3) is 0.667. The number of hydrogen-bond donors (Lipinski definition) is 1. The number of nitrogens with zero attached hydrogens (tertiary/aromatic N) is 2. The van der Waals surface area contributed by atoms with Crippen LogP contribution in [0.15, 0.2) is 24.4 Å². The van der Waals surface area contributed by atoms with E-state index in [-0.39, 0.29) is 23.2 Å². The van der Waals surface area contributed by atoms with E-state index in [4.69, 9.17) is 4.74 Å². The molecule has 3 atom stereocenters. The Labute approximate surface area is 154 Å². The lowest BCUT2D eigenvalue weighted by atomic mass is 9.93. The molecule has 2 aliphatic heterocycles. The number of fused-ring (bicyclic) bond motifs is 1. The summed E-state index contributed by atoms with van der Waals surface area (Å²) in [5.74, 6) is 0.166. The average Bonchev–Trinajstić information content (AvgIpc) is 3.42. The third-order valence-electron chi connectivity index (χ3n) is 5.52. The molecule has 2 saturated heterocycles. The van der Waals surface area contributed by atoms with Crippen LogP contribution in [0.4, 0.5) is 0 Å². The van der Waals surface area contributed by atoms with Crippen LogP contribution in [0.1, 0.15) is 31.4 Å². The number of amides is 1. The second kappa shape index (κ2) is 7.25. The highest BCUT2D eigenvalue weighted by atomic mass is 32.2. The summed E-state index contributed by atoms with van der Waals surface area (Å²) in [5.41, 5.74) is 0.940. The molecule has 1 aromatic heterocycles. The van der Waals surface area contributed by atoms with Crippen molar-refractivity contribution in [2.24, 2.45) is 5.92 Å². The smallest absolute Gasteiger partial charge is 0.249 e. The Morgan fingerprint density at radius 1 is 1.31 bits per heavy atom. The first-order valence-corrected chi connectivity index (χ1v) is 10.9. The third-order valence-corrected chi connectivity index (χ3v) is 7.88. The van der Waals surface area contributed by atoms with Crippen LogP contribution in [0.3, 0.4) is 0 Å². The topological polar surface area (TPSA) is 88.6 Å². The molecule has 1 amide bonds. The van der Waals surface area contributed by atoms with Gasteiger partial charge in [0.2, 0.25) is 15.9 Å². The summed E-state index contributed by atoms with van der Waals surface area (Å²) in [7, 11) is -3.16. The zero-order valence-corrected chi connectivity index (χ0v) is 15.5. The number of pyridine rings is 1. The number of piperidine rings is 1. The van der Waals surface area contributed by atoms with Crippen LogP contribution < -0.4 is 5.32 Å². The Hall–Kier alpha value is -1.51. The van der Waals surface area contributed by atoms with Crippen molar-refractivity contribution in [1.82, 2.24) is 14.6 Å². The van der Waals surface area contributed by atoms with Gasteiger partial charge in [0.25, 0.3) is 0 Å². The first-order chi connectivity index (χ1) is 12.5. The third kappa shape index (κ3) is 3.77. The van der Waals surface area contributed by atoms with E-state index in [0.29, 0.717) is 32.5 Å². The standard InChI is InChI=1S/C18H25N3O4S/c22-18(20-9-6-14-3-1-2-8-19-14)16-11-13-7-10-21(12-17(13)25-16)26(23,24)15-4-5-15/h1-3,8,13,15-17H,4-7,9-12H2,(H,20,22)/t13-,16-,17+/m0/s1. The second-order valence-electron chi connectivity index (χ2n) is 7.41. The molecular weight excluding hydrogens is 354 g/mol. The van der Waals surface area contributed by atoms with E-state index < -0.39 is 16.1 Å². The molecule has 26 heavy (non-hydrogen) atoms. The average molecular weight is 379 g/mol. The molecular formula is C18H25N3O4S. The van der Waals surface area contributed by atoms with Gasteiger partial charge in [-0.3, -0.25) is 9.78 Å². The zero-order valence-electron chi connectivity index (χ0n) is 14.7. The van der Waals surface area contributed by atoms with Crippen LogP contribution in [-0.2, 0) is 26.0 Å². The highest BCUT2D eigenvalue weighted by Gasteiger charge is 2.47. The maximum Gasteiger partial charge on any atom is 0.249 e. The summed E-state index contributed by atoms with van der Waals surface area (Å²) < 4.78 is 32.3. The van der Waals surface area contributed by atoms with Crippen molar-refractivity contribution in [1.29, 1.82) is 0 Å². The van der Waals surface area contributed by atoms with Crippen molar-refractivity contribution < 1.29 is 17.9 Å². The highest BCUT2D eigenvalue weighted by molar-refractivity contribution is 7.90. The van der Waals surface area contributed by atoms with Gasteiger partial charge in [0.1, 0.15) is 6.10 Å². The van der Waals surface area contributed by atoms with Gasteiger partial charge in [-0.05, 0) is 43.7 Å². The molecule has 1 N–H and O–H groups in total. The quantitative estimate of drug-likeness (QED) is 0.786. The van der Waals surface area contributed by atoms with Gasteiger partial charge in [-0.1, -0.05) is 6.07 Å². The summed E-state index contributed by atoms with van der Waals surface area (Å²) in [6.45, 7) is 1.46. The predicted molar refractivity (Wildman–Crippen MR) is 95.9 cm³/mol. The normalized spacial score (nSPS) is 29.3. The maximum atomic E-state index is 12.4. The Kier molecular flexibility index (Phi) is 4.98. The van der Waals surface area contributed by atoms with E-state index >= 15 is 0 Å². The molecule has 1 aliphatic carbocycles. The summed E-state index contributed by atoms with van der Waals surface area (Å²) in [6, 6.07) is 5.72. The summed E-state index contributed by atoms with van der Waals surface area (Å²) in [6.07, 6.45) is 4.78. The number of rotatable bonds is 6. The van der Waals surface area contributed by atoms with E-state index in [9.17, 15) is 13.2 Å². The number of aromatic nitrogens is 1. The molecule has 142 valence electrons. The Morgan fingerprint density at radius 2 is 2.15 bits per heavy atom. The maximum absolute atomic E-state index is 12.4. The molecule has 0 bridgehead atoms. The monoisotopic (exact) mass is 379 g/mol. The number of nitrogens with one attached hydrogen (secondary N) is 1.